The lowest BCUT2D eigenvalue weighted by atomic mass is 9.94. The molecule has 0 saturated heterocycles. The molecule has 1 rings (SSSR count). The summed E-state index contributed by atoms with van der Waals surface area (Å²) in [6.07, 6.45) is 0. The Morgan fingerprint density at radius 2 is 2.00 bits per heavy atom. The number of hydrogen-bond acceptors (Lipinski definition) is 2. The molecule has 90 valence electrons. The highest BCUT2D eigenvalue weighted by Gasteiger charge is 2.23. The monoisotopic (exact) mass is 257 g/mol. The first kappa shape index (κ1) is 13.9. The van der Waals surface area contributed by atoms with Gasteiger partial charge in [-0.2, -0.15) is 11.8 Å². The standard InChI is InChI=1S/C13H20ClNS/c1-3-16-10-9-15-13(2,11-14)12-7-5-4-6-8-12/h4-8,15H,3,9-11H2,1-2H3. The van der Waals surface area contributed by atoms with Gasteiger partial charge in [-0.1, -0.05) is 37.3 Å². The molecule has 1 nitrogen and oxygen atoms in total. The van der Waals surface area contributed by atoms with Crippen LogP contribution in [0.25, 0.3) is 0 Å². The topological polar surface area (TPSA) is 12.0 Å². The van der Waals surface area contributed by atoms with Crippen LogP contribution in [0.5, 0.6) is 0 Å². The highest BCUT2D eigenvalue weighted by Crippen LogP contribution is 2.21. The van der Waals surface area contributed by atoms with Crippen molar-refractivity contribution in [1.82, 2.24) is 5.32 Å². The minimum Gasteiger partial charge on any atom is -0.306 e. The molecule has 0 heterocycles. The molecular formula is C13H20ClNS. The second-order valence-electron chi connectivity index (χ2n) is 3.96. The minimum atomic E-state index is -0.114. The van der Waals surface area contributed by atoms with Crippen molar-refractivity contribution in [2.45, 2.75) is 19.4 Å². The van der Waals surface area contributed by atoms with Gasteiger partial charge in [0.1, 0.15) is 0 Å². The quantitative estimate of drug-likeness (QED) is 0.593. The van der Waals surface area contributed by atoms with Gasteiger partial charge < -0.3 is 5.32 Å². The van der Waals surface area contributed by atoms with Gasteiger partial charge in [0.05, 0.1) is 5.54 Å². The van der Waals surface area contributed by atoms with E-state index in [9.17, 15) is 0 Å². The lowest BCUT2D eigenvalue weighted by Crippen LogP contribution is -2.42. The van der Waals surface area contributed by atoms with E-state index in [1.165, 1.54) is 11.3 Å². The maximum atomic E-state index is 6.09. The lowest BCUT2D eigenvalue weighted by Gasteiger charge is -2.29. The zero-order valence-corrected chi connectivity index (χ0v) is 11.6. The molecular weight excluding hydrogens is 238 g/mol. The predicted molar refractivity (Wildman–Crippen MR) is 75.5 cm³/mol. The Labute approximate surface area is 108 Å². The highest BCUT2D eigenvalue weighted by atomic mass is 35.5. The summed E-state index contributed by atoms with van der Waals surface area (Å²) in [6.45, 7) is 5.34. The second-order valence-corrected chi connectivity index (χ2v) is 5.62. The van der Waals surface area contributed by atoms with Crippen molar-refractivity contribution in [3.8, 4) is 0 Å². The molecule has 1 aromatic carbocycles. The van der Waals surface area contributed by atoms with Gasteiger partial charge in [-0.15, -0.1) is 11.6 Å². The summed E-state index contributed by atoms with van der Waals surface area (Å²) in [5.41, 5.74) is 1.14. The molecule has 0 fully saturated rings. The van der Waals surface area contributed by atoms with Crippen LogP contribution in [0.1, 0.15) is 19.4 Å². The number of hydrogen-bond donors (Lipinski definition) is 1. The van der Waals surface area contributed by atoms with Crippen LogP contribution in [0.3, 0.4) is 0 Å². The zero-order chi connectivity index (χ0) is 11.9. The van der Waals surface area contributed by atoms with E-state index in [1.54, 1.807) is 0 Å². The summed E-state index contributed by atoms with van der Waals surface area (Å²) in [5.74, 6) is 2.90. The van der Waals surface area contributed by atoms with Crippen LogP contribution >= 0.6 is 23.4 Å². The summed E-state index contributed by atoms with van der Waals surface area (Å²) < 4.78 is 0. The molecule has 1 unspecified atom stereocenters. The van der Waals surface area contributed by atoms with Gasteiger partial charge >= 0.3 is 0 Å². The average molecular weight is 258 g/mol. The smallest absolute Gasteiger partial charge is 0.0543 e. The Hall–Kier alpha value is -0.180. The molecule has 0 aliphatic rings. The molecule has 3 heteroatoms. The number of rotatable bonds is 7. The SMILES string of the molecule is CCSCCNC(C)(CCl)c1ccccc1. The molecule has 0 saturated carbocycles. The van der Waals surface area contributed by atoms with Gasteiger partial charge in [0.25, 0.3) is 0 Å². The first-order valence-electron chi connectivity index (χ1n) is 5.67. The molecule has 0 bridgehead atoms. The highest BCUT2D eigenvalue weighted by molar-refractivity contribution is 7.99. The van der Waals surface area contributed by atoms with Crippen molar-refractivity contribution in [3.63, 3.8) is 0 Å². The van der Waals surface area contributed by atoms with Crippen LogP contribution in [0.15, 0.2) is 30.3 Å². The summed E-state index contributed by atoms with van der Waals surface area (Å²) >= 11 is 8.04. The van der Waals surface area contributed by atoms with Gasteiger partial charge in [0, 0.05) is 18.2 Å². The van der Waals surface area contributed by atoms with E-state index < -0.39 is 0 Å². The van der Waals surface area contributed by atoms with Crippen LogP contribution in [0.2, 0.25) is 0 Å². The molecule has 0 amide bonds. The number of halogens is 1. The first-order chi connectivity index (χ1) is 7.73. The van der Waals surface area contributed by atoms with Crippen molar-refractivity contribution in [2.24, 2.45) is 0 Å². The molecule has 1 N–H and O–H groups in total. The number of thioether (sulfide) groups is 1. The maximum Gasteiger partial charge on any atom is 0.0543 e. The molecule has 0 aliphatic carbocycles. The third kappa shape index (κ3) is 4.00. The normalized spacial score (nSPS) is 14.7. The molecule has 0 spiro atoms. The van der Waals surface area contributed by atoms with Gasteiger partial charge in [-0.25, -0.2) is 0 Å². The van der Waals surface area contributed by atoms with Crippen LogP contribution in [0.4, 0.5) is 0 Å². The average Bonchev–Trinajstić information content (AvgIpc) is 2.35. The predicted octanol–water partition coefficient (Wildman–Crippen LogP) is 3.48. The lowest BCUT2D eigenvalue weighted by molar-refractivity contribution is 0.423. The van der Waals surface area contributed by atoms with Gasteiger partial charge in [0.2, 0.25) is 0 Å². The largest absolute Gasteiger partial charge is 0.306 e. The zero-order valence-electron chi connectivity index (χ0n) is 10.0. The Bertz CT molecular complexity index is 291. The number of alkyl halides is 1. The minimum absolute atomic E-state index is 0.114. The molecule has 1 atom stereocenters. The molecule has 0 aromatic heterocycles. The van der Waals surface area contributed by atoms with E-state index in [1.807, 2.05) is 17.8 Å². The van der Waals surface area contributed by atoms with Crippen molar-refractivity contribution in [2.75, 3.05) is 23.9 Å². The molecule has 16 heavy (non-hydrogen) atoms. The van der Waals surface area contributed by atoms with Crippen molar-refractivity contribution < 1.29 is 0 Å². The second kappa shape index (κ2) is 7.21. The Balaban J connectivity index is 2.56. The van der Waals surface area contributed by atoms with Crippen LogP contribution in [-0.2, 0) is 5.54 Å². The molecule has 0 radical (unpaired) electrons. The van der Waals surface area contributed by atoms with Crippen LogP contribution in [0, 0.1) is 0 Å². The summed E-state index contributed by atoms with van der Waals surface area (Å²) in [6, 6.07) is 10.4. The van der Waals surface area contributed by atoms with E-state index >= 15 is 0 Å². The van der Waals surface area contributed by atoms with E-state index in [4.69, 9.17) is 11.6 Å². The fourth-order valence-corrected chi connectivity index (χ4v) is 2.36. The van der Waals surface area contributed by atoms with E-state index in [0.29, 0.717) is 5.88 Å². The Kier molecular flexibility index (Phi) is 6.25. The number of nitrogens with one attached hydrogen (secondary N) is 1. The van der Waals surface area contributed by atoms with Crippen LogP contribution < -0.4 is 5.32 Å². The van der Waals surface area contributed by atoms with Gasteiger partial charge in [0.15, 0.2) is 0 Å². The third-order valence-electron chi connectivity index (χ3n) is 2.64. The van der Waals surface area contributed by atoms with Crippen molar-refractivity contribution >= 4 is 23.4 Å². The van der Waals surface area contributed by atoms with Crippen LogP contribution in [-0.4, -0.2) is 23.9 Å². The fourth-order valence-electron chi connectivity index (χ4n) is 1.58. The first-order valence-corrected chi connectivity index (χ1v) is 7.36. The summed E-state index contributed by atoms with van der Waals surface area (Å²) in [5, 5.41) is 3.54. The van der Waals surface area contributed by atoms with E-state index in [0.717, 1.165) is 12.3 Å². The van der Waals surface area contributed by atoms with Crippen molar-refractivity contribution in [3.05, 3.63) is 35.9 Å². The fraction of sp³-hybridized carbons (Fsp3) is 0.538. The Morgan fingerprint density at radius 1 is 1.31 bits per heavy atom. The van der Waals surface area contributed by atoms with E-state index in [-0.39, 0.29) is 5.54 Å². The van der Waals surface area contributed by atoms with Gasteiger partial charge in [-0.3, -0.25) is 0 Å². The Morgan fingerprint density at radius 3 is 2.56 bits per heavy atom. The third-order valence-corrected chi connectivity index (χ3v) is 4.08. The van der Waals surface area contributed by atoms with Crippen molar-refractivity contribution in [1.29, 1.82) is 0 Å². The van der Waals surface area contributed by atoms with Gasteiger partial charge in [-0.05, 0) is 18.2 Å². The summed E-state index contributed by atoms with van der Waals surface area (Å²) in [4.78, 5) is 0. The maximum absolute atomic E-state index is 6.09. The molecule has 1 aromatic rings. The summed E-state index contributed by atoms with van der Waals surface area (Å²) in [7, 11) is 0. The van der Waals surface area contributed by atoms with E-state index in [2.05, 4.69) is 43.4 Å². The molecule has 0 aliphatic heterocycles. The number of benzene rings is 1.